The van der Waals surface area contributed by atoms with E-state index in [1.54, 1.807) is 0 Å². The fourth-order valence-electron chi connectivity index (χ4n) is 1.74. The van der Waals surface area contributed by atoms with Crippen molar-refractivity contribution < 1.29 is 23.4 Å². The Morgan fingerprint density at radius 1 is 1.09 bits per heavy atom. The fourth-order valence-corrected chi connectivity index (χ4v) is 1.74. The van der Waals surface area contributed by atoms with Gasteiger partial charge in [0.25, 0.3) is 0 Å². The average Bonchev–Trinajstić information content (AvgIpc) is 2.50. The van der Waals surface area contributed by atoms with Gasteiger partial charge >= 0.3 is 0 Å². The lowest BCUT2D eigenvalue weighted by Gasteiger charge is -2.09. The first kappa shape index (κ1) is 15.6. The molecule has 5 nitrogen and oxygen atoms in total. The second kappa shape index (κ2) is 6.75. The number of methoxy groups -OCH3 is 2. The molecule has 0 unspecified atom stereocenters. The predicted molar refractivity (Wildman–Crippen MR) is 78.8 cm³/mol. The maximum atomic E-state index is 13.4. The van der Waals surface area contributed by atoms with Crippen molar-refractivity contribution in [1.29, 1.82) is 0 Å². The van der Waals surface area contributed by atoms with Crippen LogP contribution in [0.3, 0.4) is 0 Å². The van der Waals surface area contributed by atoms with Gasteiger partial charge in [0.1, 0.15) is 5.82 Å². The molecule has 116 valence electrons. The maximum Gasteiger partial charge on any atom is 0.200 e. The lowest BCUT2D eigenvalue weighted by atomic mass is 10.2. The molecule has 0 aliphatic heterocycles. The summed E-state index contributed by atoms with van der Waals surface area (Å²) in [4.78, 5) is 0. The Balaban J connectivity index is 2.19. The number of ether oxygens (including phenoxy) is 2. The number of halogens is 2. The van der Waals surface area contributed by atoms with Crippen LogP contribution in [0, 0.1) is 11.6 Å². The predicted octanol–water partition coefficient (Wildman–Crippen LogP) is 3.13. The zero-order valence-corrected chi connectivity index (χ0v) is 11.9. The van der Waals surface area contributed by atoms with E-state index in [0.29, 0.717) is 5.56 Å². The van der Waals surface area contributed by atoms with Gasteiger partial charge in [-0.05, 0) is 24.3 Å². The Labute approximate surface area is 125 Å². The number of rotatable bonds is 5. The zero-order chi connectivity index (χ0) is 16.1. The fraction of sp³-hybridized carbons (Fsp3) is 0.133. The third-order valence-corrected chi connectivity index (χ3v) is 2.83. The maximum absolute atomic E-state index is 13.4. The van der Waals surface area contributed by atoms with E-state index < -0.39 is 11.6 Å². The molecule has 0 fully saturated rings. The molecule has 0 bridgehead atoms. The van der Waals surface area contributed by atoms with E-state index in [4.69, 9.17) is 9.47 Å². The first-order valence-electron chi connectivity index (χ1n) is 6.24. The summed E-state index contributed by atoms with van der Waals surface area (Å²) in [6, 6.07) is 6.17. The smallest absolute Gasteiger partial charge is 0.200 e. The van der Waals surface area contributed by atoms with Gasteiger partial charge in [-0.3, -0.25) is 5.43 Å². The monoisotopic (exact) mass is 308 g/mol. The van der Waals surface area contributed by atoms with Crippen LogP contribution in [-0.2, 0) is 0 Å². The third-order valence-electron chi connectivity index (χ3n) is 2.83. The third kappa shape index (κ3) is 3.43. The lowest BCUT2D eigenvalue weighted by molar-refractivity contribution is 0.340. The molecule has 2 aromatic rings. The number of aromatic hydroxyl groups is 1. The van der Waals surface area contributed by atoms with E-state index >= 15 is 0 Å². The quantitative estimate of drug-likeness (QED) is 0.658. The van der Waals surface area contributed by atoms with E-state index in [9.17, 15) is 13.9 Å². The van der Waals surface area contributed by atoms with Crippen molar-refractivity contribution in [2.45, 2.75) is 0 Å². The van der Waals surface area contributed by atoms with Crippen LogP contribution in [0.5, 0.6) is 17.2 Å². The second-order valence-electron chi connectivity index (χ2n) is 4.27. The Bertz CT molecular complexity index is 680. The summed E-state index contributed by atoms with van der Waals surface area (Å²) >= 11 is 0. The Hall–Kier alpha value is -2.83. The minimum atomic E-state index is -0.752. The van der Waals surface area contributed by atoms with E-state index in [-0.39, 0.29) is 22.9 Å². The molecule has 0 aliphatic rings. The van der Waals surface area contributed by atoms with E-state index in [1.165, 1.54) is 38.6 Å². The molecular weight excluding hydrogens is 294 g/mol. The molecule has 22 heavy (non-hydrogen) atoms. The summed E-state index contributed by atoms with van der Waals surface area (Å²) in [5.41, 5.74) is 3.06. The van der Waals surface area contributed by atoms with Crippen molar-refractivity contribution in [1.82, 2.24) is 0 Å². The summed E-state index contributed by atoms with van der Waals surface area (Å²) in [5, 5.41) is 13.6. The molecule has 0 spiro atoms. The molecular formula is C15H14F2N2O3. The van der Waals surface area contributed by atoms with E-state index in [1.807, 2.05) is 0 Å². The minimum Gasteiger partial charge on any atom is -0.502 e. The summed E-state index contributed by atoms with van der Waals surface area (Å²) in [6.45, 7) is 0. The van der Waals surface area contributed by atoms with Gasteiger partial charge in [-0.15, -0.1) is 0 Å². The number of nitrogens with zero attached hydrogens (tertiary/aromatic N) is 1. The number of anilines is 1. The number of hydrazone groups is 1. The van der Waals surface area contributed by atoms with Crippen LogP contribution in [0.1, 0.15) is 5.56 Å². The average molecular weight is 308 g/mol. The van der Waals surface area contributed by atoms with Crippen LogP contribution in [-0.4, -0.2) is 25.5 Å². The van der Waals surface area contributed by atoms with Gasteiger partial charge in [-0.2, -0.15) is 5.10 Å². The topological polar surface area (TPSA) is 63.1 Å². The first-order chi connectivity index (χ1) is 10.5. The Morgan fingerprint density at radius 3 is 2.27 bits per heavy atom. The van der Waals surface area contributed by atoms with Gasteiger partial charge in [0.05, 0.1) is 26.1 Å². The summed E-state index contributed by atoms with van der Waals surface area (Å²) in [7, 11) is 2.81. The number of benzene rings is 2. The largest absolute Gasteiger partial charge is 0.502 e. The summed E-state index contributed by atoms with van der Waals surface area (Å²) in [6.07, 6.45) is 1.38. The molecule has 7 heteroatoms. The van der Waals surface area contributed by atoms with Gasteiger partial charge in [-0.25, -0.2) is 8.78 Å². The highest BCUT2D eigenvalue weighted by Gasteiger charge is 2.10. The van der Waals surface area contributed by atoms with Gasteiger partial charge < -0.3 is 14.6 Å². The molecule has 0 aromatic heterocycles. The summed E-state index contributed by atoms with van der Waals surface area (Å²) < 4.78 is 36.2. The number of phenols is 1. The summed E-state index contributed by atoms with van der Waals surface area (Å²) in [5.74, 6) is -1.11. The number of hydrogen-bond acceptors (Lipinski definition) is 5. The van der Waals surface area contributed by atoms with Crippen molar-refractivity contribution >= 4 is 11.9 Å². The van der Waals surface area contributed by atoms with Crippen LogP contribution in [0.2, 0.25) is 0 Å². The molecule has 0 aliphatic carbocycles. The molecule has 2 rings (SSSR count). The van der Waals surface area contributed by atoms with Gasteiger partial charge in [0, 0.05) is 11.6 Å². The molecule has 0 saturated carbocycles. The second-order valence-corrected chi connectivity index (χ2v) is 4.27. The lowest BCUT2D eigenvalue weighted by Crippen LogP contribution is -1.96. The van der Waals surface area contributed by atoms with Crippen molar-refractivity contribution in [2.24, 2.45) is 5.10 Å². The normalized spacial score (nSPS) is 10.7. The number of hydrogen-bond donors (Lipinski definition) is 2. The standard InChI is InChI=1S/C15H14F2N2O3/c1-21-13-5-9(6-14(22-2)15(13)20)8-18-19-12-4-3-10(16)7-11(12)17/h3-8,19-20H,1-2H3. The van der Waals surface area contributed by atoms with Crippen LogP contribution >= 0.6 is 0 Å². The van der Waals surface area contributed by atoms with Crippen LogP contribution in [0.25, 0.3) is 0 Å². The molecule has 2 aromatic carbocycles. The number of phenolic OH excluding ortho intramolecular Hbond substituents is 1. The minimum absolute atomic E-state index is 0.0374. The van der Waals surface area contributed by atoms with Crippen molar-refractivity contribution in [3.05, 3.63) is 47.5 Å². The highest BCUT2D eigenvalue weighted by atomic mass is 19.1. The van der Waals surface area contributed by atoms with Crippen molar-refractivity contribution in [2.75, 3.05) is 19.6 Å². The van der Waals surface area contributed by atoms with Crippen molar-refractivity contribution in [3.63, 3.8) is 0 Å². The van der Waals surface area contributed by atoms with Crippen LogP contribution in [0.15, 0.2) is 35.4 Å². The molecule has 0 atom stereocenters. The molecule has 0 saturated heterocycles. The van der Waals surface area contributed by atoms with E-state index in [2.05, 4.69) is 10.5 Å². The Kier molecular flexibility index (Phi) is 4.77. The van der Waals surface area contributed by atoms with Crippen molar-refractivity contribution in [3.8, 4) is 17.2 Å². The van der Waals surface area contributed by atoms with E-state index in [0.717, 1.165) is 12.1 Å². The molecule has 0 amide bonds. The van der Waals surface area contributed by atoms with Crippen LogP contribution < -0.4 is 14.9 Å². The number of nitrogens with one attached hydrogen (secondary N) is 1. The molecule has 0 heterocycles. The SMILES string of the molecule is COc1cc(C=NNc2ccc(F)cc2F)cc(OC)c1O. The van der Waals surface area contributed by atoms with Gasteiger partial charge in [0.2, 0.25) is 5.75 Å². The Morgan fingerprint density at radius 2 is 1.73 bits per heavy atom. The highest BCUT2D eigenvalue weighted by molar-refractivity contribution is 5.82. The molecule has 2 N–H and O–H groups in total. The first-order valence-corrected chi connectivity index (χ1v) is 6.24. The van der Waals surface area contributed by atoms with Gasteiger partial charge in [-0.1, -0.05) is 0 Å². The molecule has 0 radical (unpaired) electrons. The van der Waals surface area contributed by atoms with Crippen LogP contribution in [0.4, 0.5) is 14.5 Å². The zero-order valence-electron chi connectivity index (χ0n) is 11.9. The van der Waals surface area contributed by atoms with Gasteiger partial charge in [0.15, 0.2) is 17.3 Å². The highest BCUT2D eigenvalue weighted by Crippen LogP contribution is 2.36.